The maximum Gasteiger partial charge on any atom is 0.306 e. The molecule has 59 heavy (non-hydrogen) atoms. The van der Waals surface area contributed by atoms with Crippen LogP contribution in [0.4, 0.5) is 5.13 Å². The molecule has 5 atom stereocenters. The summed E-state index contributed by atoms with van der Waals surface area (Å²) in [4.78, 5) is 67.4. The first-order chi connectivity index (χ1) is 28.1. The van der Waals surface area contributed by atoms with Gasteiger partial charge >= 0.3 is 5.97 Å². The van der Waals surface area contributed by atoms with E-state index in [9.17, 15) is 27.6 Å². The summed E-state index contributed by atoms with van der Waals surface area (Å²) in [5.41, 5.74) is 1.51. The van der Waals surface area contributed by atoms with Crippen LogP contribution in [0.2, 0.25) is 0 Å². The first-order valence-electron chi connectivity index (χ1n) is 20.7. The number of Topliss-reactive ketones (excluding diaryl/α,β-unsaturated/α-hetero) is 1. The molecule has 3 fully saturated rings. The Balaban J connectivity index is 1.27. The van der Waals surface area contributed by atoms with Crippen LogP contribution in [-0.4, -0.2) is 90.6 Å². The molecule has 7 rings (SSSR count). The number of nitrogens with one attached hydrogen (secondary N) is 2. The average molecular weight is 850 g/mol. The third-order valence-electron chi connectivity index (χ3n) is 12.0. The van der Waals surface area contributed by atoms with Gasteiger partial charge in [0.1, 0.15) is 23.3 Å². The molecule has 4 aliphatic rings. The van der Waals surface area contributed by atoms with Gasteiger partial charge in [-0.2, -0.15) is 0 Å². The number of nitrogens with zero attached hydrogens (tertiary/aromatic N) is 3. The molecular weight excluding hydrogens is 795 g/mol. The molecule has 2 saturated carbocycles. The van der Waals surface area contributed by atoms with Crippen molar-refractivity contribution in [3.63, 3.8) is 0 Å². The fourth-order valence-corrected chi connectivity index (χ4v) is 10.6. The number of ether oxygens (including phenoxy) is 3. The predicted octanol–water partition coefficient (Wildman–Crippen LogP) is 6.23. The summed E-state index contributed by atoms with van der Waals surface area (Å²) in [6.45, 7) is 11.9. The number of thiazole rings is 1. The number of amides is 2. The molecular formula is C43H55N5O9S2. The lowest BCUT2D eigenvalue weighted by Gasteiger charge is -2.30. The molecule has 14 nitrogen and oxygen atoms in total. The van der Waals surface area contributed by atoms with E-state index in [1.165, 1.54) is 16.2 Å². The minimum atomic E-state index is -3.87. The number of fused-ring (bicyclic) bond motifs is 3. The van der Waals surface area contributed by atoms with Crippen LogP contribution >= 0.6 is 11.3 Å². The van der Waals surface area contributed by atoms with E-state index in [1.54, 1.807) is 13.2 Å². The van der Waals surface area contributed by atoms with Crippen molar-refractivity contribution in [1.82, 2.24) is 19.6 Å². The molecule has 1 aromatic carbocycles. The van der Waals surface area contributed by atoms with Gasteiger partial charge in [-0.1, -0.05) is 19.9 Å². The number of hydrogen-bond donors (Lipinski definition) is 2. The second kappa shape index (κ2) is 17.2. The molecule has 0 unspecified atom stereocenters. The summed E-state index contributed by atoms with van der Waals surface area (Å²) < 4.78 is 46.2. The van der Waals surface area contributed by atoms with E-state index in [-0.39, 0.29) is 62.5 Å². The fourth-order valence-electron chi connectivity index (χ4n) is 8.35. The van der Waals surface area contributed by atoms with Crippen molar-refractivity contribution in [3.05, 3.63) is 41.8 Å². The van der Waals surface area contributed by atoms with Crippen molar-refractivity contribution in [1.29, 1.82) is 0 Å². The standard InChI is InChI=1S/C43H55N5O9S2/c1-7-27-20-43(27,41(52)47-59(53,54)29-12-13-29)21-36(49)35-16-28-22-48(35)40(51)30(24(2)3)17-39(50)56-14-10-8-9-11-26-15-31-32(18-37(26)55-6)45-33(19-38(31)57-28)34-23-58-42(46-34)44-25(4)5/h7,15,18-19,23-25,27-30,35H,1,8-14,16-17,20-22H2,2-6H3,(H,44,46)(H,47,52)/t27-,28-,30+,35+,43-/m1/s1. The molecule has 318 valence electrons. The Morgan fingerprint density at radius 1 is 1.10 bits per heavy atom. The third kappa shape index (κ3) is 9.28. The lowest BCUT2D eigenvalue weighted by atomic mass is 9.89. The number of carbonyl (C=O) groups is 4. The number of anilines is 1. The highest BCUT2D eigenvalue weighted by Crippen LogP contribution is 2.57. The van der Waals surface area contributed by atoms with Crippen LogP contribution in [0.3, 0.4) is 0 Å². The Hall–Kier alpha value is -4.57. The fraction of sp³-hybridized carbons (Fsp3) is 0.581. The number of ketones is 1. The van der Waals surface area contributed by atoms with Gasteiger partial charge in [0.25, 0.3) is 0 Å². The van der Waals surface area contributed by atoms with Crippen LogP contribution in [0.25, 0.3) is 22.3 Å². The Kier molecular flexibility index (Phi) is 12.4. The van der Waals surface area contributed by atoms with Gasteiger partial charge in [-0.3, -0.25) is 23.9 Å². The number of aromatic nitrogens is 2. The van der Waals surface area contributed by atoms with E-state index in [4.69, 9.17) is 24.2 Å². The predicted molar refractivity (Wildman–Crippen MR) is 225 cm³/mol. The molecule has 2 amide bonds. The first-order valence-corrected chi connectivity index (χ1v) is 23.1. The molecule has 2 aromatic heterocycles. The van der Waals surface area contributed by atoms with Gasteiger partial charge in [-0.15, -0.1) is 17.9 Å². The van der Waals surface area contributed by atoms with E-state index in [1.807, 2.05) is 51.3 Å². The number of esters is 1. The van der Waals surface area contributed by atoms with Crippen molar-refractivity contribution in [2.24, 2.45) is 23.2 Å². The molecule has 0 radical (unpaired) electrons. The molecule has 4 bridgehead atoms. The van der Waals surface area contributed by atoms with Crippen molar-refractivity contribution >= 4 is 61.0 Å². The first kappa shape index (κ1) is 42.6. The summed E-state index contributed by atoms with van der Waals surface area (Å²) in [6.07, 6.45) is 4.78. The molecule has 1 saturated heterocycles. The van der Waals surface area contributed by atoms with Crippen molar-refractivity contribution in [2.45, 2.75) is 115 Å². The van der Waals surface area contributed by atoms with Gasteiger partial charge < -0.3 is 24.4 Å². The van der Waals surface area contributed by atoms with Crippen LogP contribution in [0.1, 0.15) is 91.0 Å². The van der Waals surface area contributed by atoms with Crippen LogP contribution in [0, 0.1) is 23.2 Å². The highest BCUT2D eigenvalue weighted by Gasteiger charge is 2.61. The van der Waals surface area contributed by atoms with Crippen LogP contribution in [0.5, 0.6) is 11.5 Å². The van der Waals surface area contributed by atoms with E-state index in [2.05, 4.69) is 16.6 Å². The topological polar surface area (TPSA) is 183 Å². The summed E-state index contributed by atoms with van der Waals surface area (Å²) in [6, 6.07) is 4.93. The third-order valence-corrected chi connectivity index (χ3v) is 14.6. The summed E-state index contributed by atoms with van der Waals surface area (Å²) in [5.74, 6) is -2.23. The Morgan fingerprint density at radius 3 is 2.56 bits per heavy atom. The highest BCUT2D eigenvalue weighted by atomic mass is 32.2. The molecule has 2 aliphatic carbocycles. The molecule has 2 aliphatic heterocycles. The number of hydrogen-bond acceptors (Lipinski definition) is 13. The zero-order valence-corrected chi connectivity index (χ0v) is 36.1. The summed E-state index contributed by atoms with van der Waals surface area (Å²) in [7, 11) is -2.24. The Labute approximate surface area is 349 Å². The lowest BCUT2D eigenvalue weighted by molar-refractivity contribution is -0.151. The number of carbonyl (C=O) groups excluding carboxylic acids is 4. The Bertz CT molecular complexity index is 2240. The normalized spacial score (nSPS) is 25.3. The van der Waals surface area contributed by atoms with E-state index in [0.717, 1.165) is 28.9 Å². The van der Waals surface area contributed by atoms with Crippen LogP contribution < -0.4 is 19.5 Å². The minimum absolute atomic E-state index is 0.0367. The summed E-state index contributed by atoms with van der Waals surface area (Å²) >= 11 is 1.47. The average Bonchev–Trinajstić information content (AvgIpc) is 4.08. The molecule has 16 heteroatoms. The molecule has 0 spiro atoms. The number of aryl methyl sites for hydroxylation is 1. The largest absolute Gasteiger partial charge is 0.496 e. The maximum absolute atomic E-state index is 14.6. The SMILES string of the molecule is C=C[C@@H]1C[C@]1(CC(=O)[C@@H]1C[C@@H]2CN1C(=O)[C@H](C(C)C)CC(=O)OCCCCCc1cc3c(cc(-c4csc(NC(C)C)n4)nc3cc1OC)O2)C(=O)NS(=O)(=O)C1CC1. The number of pyridine rings is 1. The van der Waals surface area contributed by atoms with Crippen molar-refractivity contribution < 1.29 is 41.8 Å². The molecule has 3 aromatic rings. The number of benzene rings is 1. The maximum atomic E-state index is 14.6. The quantitative estimate of drug-likeness (QED) is 0.155. The Morgan fingerprint density at radius 2 is 1.88 bits per heavy atom. The van der Waals surface area contributed by atoms with Gasteiger partial charge in [0.05, 0.1) is 60.5 Å². The second-order valence-electron chi connectivity index (χ2n) is 17.1. The van der Waals surface area contributed by atoms with Crippen molar-refractivity contribution in [3.8, 4) is 22.9 Å². The smallest absolute Gasteiger partial charge is 0.306 e. The number of methoxy groups -OCH3 is 1. The second-order valence-corrected chi connectivity index (χ2v) is 19.9. The van der Waals surface area contributed by atoms with Gasteiger partial charge in [-0.25, -0.2) is 18.4 Å². The lowest BCUT2D eigenvalue weighted by Crippen LogP contribution is -2.47. The van der Waals surface area contributed by atoms with Crippen molar-refractivity contribution in [2.75, 3.05) is 25.6 Å². The molecule has 4 heterocycles. The number of sulfonamides is 1. The van der Waals surface area contributed by atoms with Gasteiger partial charge in [0, 0.05) is 41.8 Å². The van der Waals surface area contributed by atoms with E-state index in [0.29, 0.717) is 54.1 Å². The van der Waals surface area contributed by atoms with Gasteiger partial charge in [0.2, 0.25) is 21.8 Å². The van der Waals surface area contributed by atoms with Gasteiger partial charge in [0.15, 0.2) is 10.9 Å². The van der Waals surface area contributed by atoms with Crippen LogP contribution in [0.15, 0.2) is 36.2 Å². The van der Waals surface area contributed by atoms with E-state index < -0.39 is 56.5 Å². The number of allylic oxidation sites excluding steroid dienone is 1. The van der Waals surface area contributed by atoms with Gasteiger partial charge in [-0.05, 0) is 82.3 Å². The zero-order valence-electron chi connectivity index (χ0n) is 34.5. The minimum Gasteiger partial charge on any atom is -0.496 e. The van der Waals surface area contributed by atoms with Crippen LogP contribution in [-0.2, 0) is 40.4 Å². The highest BCUT2D eigenvalue weighted by molar-refractivity contribution is 7.90. The van der Waals surface area contributed by atoms with E-state index >= 15 is 0 Å². The number of cyclic esters (lactones) is 1. The monoisotopic (exact) mass is 849 g/mol. The molecule has 2 N–H and O–H groups in total. The summed E-state index contributed by atoms with van der Waals surface area (Å²) in [5, 5.41) is 6.14. The zero-order chi connectivity index (χ0) is 42.2. The number of rotatable bonds is 12.